The van der Waals surface area contributed by atoms with E-state index >= 15 is 0 Å². The van der Waals surface area contributed by atoms with E-state index in [1.807, 2.05) is 30.3 Å². The molecule has 140 valence electrons. The lowest BCUT2D eigenvalue weighted by atomic mass is 10.0. The van der Waals surface area contributed by atoms with E-state index in [2.05, 4.69) is 5.92 Å². The zero-order valence-corrected chi connectivity index (χ0v) is 15.3. The molecule has 1 N–H and O–H groups in total. The number of likely N-dealkylation sites (tertiary alicyclic amines) is 1. The second kappa shape index (κ2) is 8.24. The zero-order valence-electron chi connectivity index (χ0n) is 15.3. The van der Waals surface area contributed by atoms with Gasteiger partial charge in [0.1, 0.15) is 24.3 Å². The van der Waals surface area contributed by atoms with Crippen LogP contribution in [0.4, 0.5) is 4.79 Å². The van der Waals surface area contributed by atoms with Crippen molar-refractivity contribution in [2.75, 3.05) is 6.61 Å². The van der Waals surface area contributed by atoms with E-state index in [0.717, 1.165) is 5.56 Å². The van der Waals surface area contributed by atoms with E-state index in [4.69, 9.17) is 15.9 Å². The first kappa shape index (κ1) is 19.8. The molecule has 3 atom stereocenters. The van der Waals surface area contributed by atoms with Crippen LogP contribution in [0.15, 0.2) is 30.3 Å². The number of amides is 1. The standard InChI is InChI=1S/C20H25NO5/c1-5-16-15(12-22)11-17(21(16)19(24)26-20(2,3)4)18(23)25-13-14-9-7-6-8-10-14/h1,6-10,15-17,22H,11-13H2,2-4H3/t15-,16-,17+/m1/s1. The fraction of sp³-hybridized carbons (Fsp3) is 0.500. The summed E-state index contributed by atoms with van der Waals surface area (Å²) in [6, 6.07) is 7.65. The molecule has 1 aliphatic heterocycles. The SMILES string of the molecule is C#C[C@@H]1[C@@H](CO)C[C@@H](C(=O)OCc2ccccc2)N1C(=O)OC(C)(C)C. The predicted molar refractivity (Wildman–Crippen MR) is 95.9 cm³/mol. The quantitative estimate of drug-likeness (QED) is 0.660. The number of aliphatic hydroxyl groups excluding tert-OH is 1. The van der Waals surface area contributed by atoms with Gasteiger partial charge in [0.15, 0.2) is 0 Å². The second-order valence-electron chi connectivity index (χ2n) is 7.29. The predicted octanol–water partition coefficient (Wildman–Crippen LogP) is 2.35. The van der Waals surface area contributed by atoms with Gasteiger partial charge in [-0.25, -0.2) is 9.59 Å². The monoisotopic (exact) mass is 359 g/mol. The number of esters is 1. The molecule has 0 bridgehead atoms. The molecule has 0 unspecified atom stereocenters. The molecule has 0 aliphatic carbocycles. The van der Waals surface area contributed by atoms with Crippen molar-refractivity contribution in [2.45, 2.75) is 51.5 Å². The normalized spacial score (nSPS) is 22.6. The Kier molecular flexibility index (Phi) is 6.27. The molecule has 1 saturated heterocycles. The molecule has 1 fully saturated rings. The highest BCUT2D eigenvalue weighted by Gasteiger charge is 2.48. The van der Waals surface area contributed by atoms with Crippen molar-refractivity contribution >= 4 is 12.1 Å². The van der Waals surface area contributed by atoms with Crippen LogP contribution in [0.5, 0.6) is 0 Å². The first-order valence-corrected chi connectivity index (χ1v) is 8.55. The fourth-order valence-corrected chi connectivity index (χ4v) is 2.93. The Morgan fingerprint density at radius 1 is 1.31 bits per heavy atom. The van der Waals surface area contributed by atoms with Crippen LogP contribution in [0.3, 0.4) is 0 Å². The number of rotatable bonds is 4. The Morgan fingerprint density at radius 3 is 2.50 bits per heavy atom. The third kappa shape index (κ3) is 4.77. The van der Waals surface area contributed by atoms with E-state index in [1.165, 1.54) is 4.90 Å². The molecular weight excluding hydrogens is 334 g/mol. The van der Waals surface area contributed by atoms with Gasteiger partial charge in [0.05, 0.1) is 0 Å². The summed E-state index contributed by atoms with van der Waals surface area (Å²) < 4.78 is 10.8. The van der Waals surface area contributed by atoms with Crippen molar-refractivity contribution in [3.8, 4) is 12.3 Å². The first-order chi connectivity index (χ1) is 12.3. The van der Waals surface area contributed by atoms with Crippen LogP contribution in [-0.2, 0) is 20.9 Å². The van der Waals surface area contributed by atoms with Crippen molar-refractivity contribution < 1.29 is 24.2 Å². The van der Waals surface area contributed by atoms with Crippen LogP contribution in [0.25, 0.3) is 0 Å². The van der Waals surface area contributed by atoms with Gasteiger partial charge in [-0.1, -0.05) is 36.3 Å². The summed E-state index contributed by atoms with van der Waals surface area (Å²) >= 11 is 0. The van der Waals surface area contributed by atoms with Crippen LogP contribution >= 0.6 is 0 Å². The van der Waals surface area contributed by atoms with Crippen molar-refractivity contribution in [1.82, 2.24) is 4.90 Å². The highest BCUT2D eigenvalue weighted by Crippen LogP contribution is 2.32. The van der Waals surface area contributed by atoms with Gasteiger partial charge in [0.25, 0.3) is 0 Å². The summed E-state index contributed by atoms with van der Waals surface area (Å²) in [7, 11) is 0. The number of hydrogen-bond acceptors (Lipinski definition) is 5. The topological polar surface area (TPSA) is 76.1 Å². The molecule has 1 heterocycles. The van der Waals surface area contributed by atoms with Gasteiger partial charge in [-0.3, -0.25) is 4.90 Å². The first-order valence-electron chi connectivity index (χ1n) is 8.55. The van der Waals surface area contributed by atoms with Crippen LogP contribution in [0, 0.1) is 18.3 Å². The number of benzene rings is 1. The molecule has 6 heteroatoms. The minimum Gasteiger partial charge on any atom is -0.459 e. The van der Waals surface area contributed by atoms with E-state index in [1.54, 1.807) is 20.8 Å². The number of carbonyl (C=O) groups is 2. The maximum atomic E-state index is 12.6. The summed E-state index contributed by atoms with van der Waals surface area (Å²) in [6.45, 7) is 5.08. The van der Waals surface area contributed by atoms with Crippen molar-refractivity contribution in [1.29, 1.82) is 0 Å². The van der Waals surface area contributed by atoms with Crippen LogP contribution in [-0.4, -0.2) is 46.4 Å². The average molecular weight is 359 g/mol. The van der Waals surface area contributed by atoms with Crippen molar-refractivity contribution in [3.05, 3.63) is 35.9 Å². The molecule has 1 aliphatic rings. The van der Waals surface area contributed by atoms with Gasteiger partial charge in [-0.05, 0) is 32.8 Å². The van der Waals surface area contributed by atoms with Gasteiger partial charge >= 0.3 is 12.1 Å². The number of ether oxygens (including phenoxy) is 2. The summed E-state index contributed by atoms with van der Waals surface area (Å²) in [5.41, 5.74) is 0.112. The number of aliphatic hydroxyl groups is 1. The minimum atomic E-state index is -0.883. The number of nitrogens with zero attached hydrogens (tertiary/aromatic N) is 1. The maximum Gasteiger partial charge on any atom is 0.412 e. The fourth-order valence-electron chi connectivity index (χ4n) is 2.93. The van der Waals surface area contributed by atoms with Crippen molar-refractivity contribution in [3.63, 3.8) is 0 Å². The highest BCUT2D eigenvalue weighted by atomic mass is 16.6. The van der Waals surface area contributed by atoms with Crippen LogP contribution in [0.2, 0.25) is 0 Å². The van der Waals surface area contributed by atoms with E-state index < -0.39 is 35.7 Å². The van der Waals surface area contributed by atoms with Gasteiger partial charge in [0.2, 0.25) is 0 Å². The van der Waals surface area contributed by atoms with Crippen LogP contribution in [0.1, 0.15) is 32.8 Å². The van der Waals surface area contributed by atoms with E-state index in [-0.39, 0.29) is 19.6 Å². The zero-order chi connectivity index (χ0) is 19.3. The maximum absolute atomic E-state index is 12.6. The van der Waals surface area contributed by atoms with E-state index in [0.29, 0.717) is 0 Å². The second-order valence-corrected chi connectivity index (χ2v) is 7.29. The summed E-state index contributed by atoms with van der Waals surface area (Å²) in [5.74, 6) is 1.54. The lowest BCUT2D eigenvalue weighted by molar-refractivity contribution is -0.150. The lowest BCUT2D eigenvalue weighted by Gasteiger charge is -2.30. The number of carbonyl (C=O) groups excluding carboxylic acids is 2. The molecule has 0 saturated carbocycles. The molecular formula is C20H25NO5. The molecule has 1 aromatic carbocycles. The van der Waals surface area contributed by atoms with Crippen LogP contribution < -0.4 is 0 Å². The number of terminal acetylenes is 1. The summed E-state index contributed by atoms with van der Waals surface area (Å²) in [5, 5.41) is 9.58. The Balaban J connectivity index is 2.15. The van der Waals surface area contributed by atoms with Gasteiger partial charge in [0, 0.05) is 12.5 Å². The number of hydrogen-bond donors (Lipinski definition) is 1. The third-order valence-corrected chi connectivity index (χ3v) is 4.11. The molecule has 26 heavy (non-hydrogen) atoms. The molecule has 6 nitrogen and oxygen atoms in total. The molecule has 0 spiro atoms. The lowest BCUT2D eigenvalue weighted by Crippen LogP contribution is -2.48. The summed E-state index contributed by atoms with van der Waals surface area (Å²) in [4.78, 5) is 26.4. The Bertz CT molecular complexity index is 674. The van der Waals surface area contributed by atoms with Gasteiger partial charge < -0.3 is 14.6 Å². The average Bonchev–Trinajstić information content (AvgIpc) is 2.98. The molecule has 2 rings (SSSR count). The molecule has 1 amide bonds. The van der Waals surface area contributed by atoms with Crippen molar-refractivity contribution in [2.24, 2.45) is 5.92 Å². The highest BCUT2D eigenvalue weighted by molar-refractivity contribution is 5.83. The molecule has 0 aromatic heterocycles. The van der Waals surface area contributed by atoms with Gasteiger partial charge in [-0.2, -0.15) is 0 Å². The third-order valence-electron chi connectivity index (χ3n) is 4.11. The summed E-state index contributed by atoms with van der Waals surface area (Å²) in [6.07, 6.45) is 5.11. The Morgan fingerprint density at radius 2 is 1.96 bits per heavy atom. The largest absolute Gasteiger partial charge is 0.459 e. The molecule has 0 radical (unpaired) electrons. The van der Waals surface area contributed by atoms with Gasteiger partial charge in [-0.15, -0.1) is 6.42 Å². The minimum absolute atomic E-state index is 0.100. The Hall–Kier alpha value is -2.52. The molecule has 1 aromatic rings. The smallest absolute Gasteiger partial charge is 0.412 e. The Labute approximate surface area is 154 Å². The van der Waals surface area contributed by atoms with E-state index in [9.17, 15) is 14.7 Å².